The fraction of sp³-hybridized carbons (Fsp3) is 0.667. The third-order valence-corrected chi connectivity index (χ3v) is 7.02. The molecule has 2 heterocycles. The molecule has 4 nitrogen and oxygen atoms in total. The molecule has 1 N–H and O–H groups in total. The Morgan fingerprint density at radius 1 is 1.50 bits per heavy atom. The predicted molar refractivity (Wildman–Crippen MR) is 74.6 cm³/mol. The van der Waals surface area contributed by atoms with E-state index in [4.69, 9.17) is 0 Å². The van der Waals surface area contributed by atoms with Crippen molar-refractivity contribution in [1.29, 1.82) is 0 Å². The minimum absolute atomic E-state index is 0.0997. The van der Waals surface area contributed by atoms with Gasteiger partial charge in [-0.2, -0.15) is 4.31 Å². The average molecular weight is 288 g/mol. The number of hydrogen-bond acceptors (Lipinski definition) is 4. The molecule has 1 atom stereocenters. The molecule has 0 radical (unpaired) electrons. The van der Waals surface area contributed by atoms with Gasteiger partial charge < -0.3 is 5.32 Å². The Kier molecular flexibility index (Phi) is 4.11. The van der Waals surface area contributed by atoms with Crippen LogP contribution in [-0.2, 0) is 10.0 Å². The number of nitrogens with one attached hydrogen (secondary N) is 1. The molecule has 1 aromatic heterocycles. The van der Waals surface area contributed by atoms with Gasteiger partial charge in [-0.05, 0) is 45.4 Å². The Hall–Kier alpha value is -0.430. The second kappa shape index (κ2) is 5.28. The summed E-state index contributed by atoms with van der Waals surface area (Å²) in [5.41, 5.74) is 1.06. The Morgan fingerprint density at radius 3 is 2.78 bits per heavy atom. The maximum absolute atomic E-state index is 12.6. The van der Waals surface area contributed by atoms with Crippen molar-refractivity contribution in [3.05, 3.63) is 16.5 Å². The van der Waals surface area contributed by atoms with E-state index in [1.54, 1.807) is 10.4 Å². The van der Waals surface area contributed by atoms with Crippen molar-refractivity contribution >= 4 is 21.4 Å². The summed E-state index contributed by atoms with van der Waals surface area (Å²) in [7, 11) is -1.44. The summed E-state index contributed by atoms with van der Waals surface area (Å²) in [4.78, 5) is 1.08. The lowest BCUT2D eigenvalue weighted by atomic mass is 10.2. The van der Waals surface area contributed by atoms with Crippen LogP contribution in [0.3, 0.4) is 0 Å². The van der Waals surface area contributed by atoms with Crippen molar-refractivity contribution in [2.75, 3.05) is 20.1 Å². The van der Waals surface area contributed by atoms with E-state index in [2.05, 4.69) is 5.32 Å². The Morgan fingerprint density at radius 2 is 2.22 bits per heavy atom. The van der Waals surface area contributed by atoms with Gasteiger partial charge in [0.2, 0.25) is 0 Å². The van der Waals surface area contributed by atoms with Crippen LogP contribution < -0.4 is 5.32 Å². The van der Waals surface area contributed by atoms with Crippen LogP contribution in [0.25, 0.3) is 0 Å². The van der Waals surface area contributed by atoms with Crippen molar-refractivity contribution in [3.8, 4) is 0 Å². The number of sulfonamides is 1. The number of hydrogen-bond donors (Lipinski definition) is 1. The molecule has 1 aliphatic heterocycles. The Bertz CT molecular complexity index is 503. The molecule has 0 spiro atoms. The van der Waals surface area contributed by atoms with E-state index in [1.165, 1.54) is 11.3 Å². The molecule has 0 bridgehead atoms. The summed E-state index contributed by atoms with van der Waals surface area (Å²) in [6.45, 7) is 5.29. The molecule has 6 heteroatoms. The fourth-order valence-electron chi connectivity index (χ4n) is 2.35. The zero-order chi connectivity index (χ0) is 13.3. The molecular formula is C12H20N2O2S2. The lowest BCUT2D eigenvalue weighted by Crippen LogP contribution is -2.40. The molecule has 18 heavy (non-hydrogen) atoms. The summed E-state index contributed by atoms with van der Waals surface area (Å²) in [5, 5.41) is 3.08. The van der Waals surface area contributed by atoms with E-state index in [-0.39, 0.29) is 6.04 Å². The first-order chi connectivity index (χ1) is 8.46. The van der Waals surface area contributed by atoms with Gasteiger partial charge in [0.25, 0.3) is 10.0 Å². The van der Waals surface area contributed by atoms with Gasteiger partial charge in [0, 0.05) is 24.0 Å². The lowest BCUT2D eigenvalue weighted by Gasteiger charge is -2.23. The van der Waals surface area contributed by atoms with Crippen LogP contribution in [0.5, 0.6) is 0 Å². The average Bonchev–Trinajstić information content (AvgIpc) is 2.88. The summed E-state index contributed by atoms with van der Waals surface area (Å²) in [6, 6.07) is 1.90. The van der Waals surface area contributed by atoms with E-state index < -0.39 is 10.0 Å². The van der Waals surface area contributed by atoms with E-state index in [0.29, 0.717) is 10.8 Å². The minimum Gasteiger partial charge on any atom is -0.318 e. The van der Waals surface area contributed by atoms with Crippen LogP contribution in [0.15, 0.2) is 10.3 Å². The first kappa shape index (κ1) is 14.0. The number of likely N-dealkylation sites (N-methyl/N-ethyl adjacent to an activating group) is 1. The van der Waals surface area contributed by atoms with Crippen molar-refractivity contribution in [2.24, 2.45) is 0 Å². The molecule has 0 amide bonds. The monoisotopic (exact) mass is 288 g/mol. The van der Waals surface area contributed by atoms with Crippen molar-refractivity contribution in [3.63, 3.8) is 0 Å². The topological polar surface area (TPSA) is 49.4 Å². The number of thiophene rings is 1. The number of rotatable bonds is 4. The zero-order valence-corrected chi connectivity index (χ0v) is 12.7. The van der Waals surface area contributed by atoms with Gasteiger partial charge in [0.1, 0.15) is 4.21 Å². The van der Waals surface area contributed by atoms with E-state index in [9.17, 15) is 8.42 Å². The number of nitrogens with zero attached hydrogens (tertiary/aromatic N) is 1. The van der Waals surface area contributed by atoms with Gasteiger partial charge >= 0.3 is 0 Å². The fourth-order valence-corrected chi connectivity index (χ4v) is 5.69. The highest BCUT2D eigenvalue weighted by Gasteiger charge is 2.35. The van der Waals surface area contributed by atoms with Crippen molar-refractivity contribution < 1.29 is 8.42 Å². The molecule has 0 aromatic carbocycles. The maximum Gasteiger partial charge on any atom is 0.252 e. The van der Waals surface area contributed by atoms with Crippen LogP contribution in [-0.4, -0.2) is 38.9 Å². The van der Waals surface area contributed by atoms with Gasteiger partial charge in [0.05, 0.1) is 0 Å². The molecular weight excluding hydrogens is 268 g/mol. The maximum atomic E-state index is 12.6. The highest BCUT2D eigenvalue weighted by atomic mass is 32.2. The van der Waals surface area contributed by atoms with Crippen molar-refractivity contribution in [1.82, 2.24) is 9.62 Å². The van der Waals surface area contributed by atoms with Gasteiger partial charge in [-0.1, -0.05) is 0 Å². The lowest BCUT2D eigenvalue weighted by molar-refractivity contribution is 0.380. The van der Waals surface area contributed by atoms with Crippen LogP contribution in [0.1, 0.15) is 23.3 Å². The smallest absolute Gasteiger partial charge is 0.252 e. The van der Waals surface area contributed by atoms with Gasteiger partial charge in [-0.3, -0.25) is 0 Å². The number of aryl methyl sites for hydroxylation is 2. The van der Waals surface area contributed by atoms with E-state index in [0.717, 1.165) is 29.8 Å². The molecule has 1 saturated heterocycles. The summed E-state index contributed by atoms with van der Waals surface area (Å²) < 4.78 is 27.3. The zero-order valence-electron chi connectivity index (χ0n) is 11.1. The highest BCUT2D eigenvalue weighted by Crippen LogP contribution is 2.31. The summed E-state index contributed by atoms with van der Waals surface area (Å²) in [6.07, 6.45) is 1.90. The Balaban J connectivity index is 2.30. The molecule has 0 saturated carbocycles. The first-order valence-electron chi connectivity index (χ1n) is 6.20. The SMILES string of the molecule is CNC[C@H]1CCCN1S(=O)(=O)c1cc(C)c(C)s1. The first-order valence-corrected chi connectivity index (χ1v) is 8.46. The van der Waals surface area contributed by atoms with Gasteiger partial charge in [0.15, 0.2) is 0 Å². The molecule has 2 rings (SSSR count). The summed E-state index contributed by atoms with van der Waals surface area (Å²) in [5.74, 6) is 0. The van der Waals surface area contributed by atoms with Gasteiger partial charge in [-0.15, -0.1) is 11.3 Å². The standard InChI is InChI=1S/C12H20N2O2S2/c1-9-7-12(17-10(9)2)18(15,16)14-6-4-5-11(14)8-13-3/h7,11,13H,4-6,8H2,1-3H3/t11-/m1/s1. The molecule has 1 aliphatic rings. The van der Waals surface area contributed by atoms with E-state index in [1.807, 2.05) is 20.9 Å². The van der Waals surface area contributed by atoms with Crippen LogP contribution in [0.2, 0.25) is 0 Å². The minimum atomic E-state index is -3.30. The third kappa shape index (κ3) is 2.47. The quantitative estimate of drug-likeness (QED) is 0.918. The van der Waals surface area contributed by atoms with Gasteiger partial charge in [-0.25, -0.2) is 8.42 Å². The van der Waals surface area contributed by atoms with Crippen LogP contribution in [0.4, 0.5) is 0 Å². The van der Waals surface area contributed by atoms with Crippen LogP contribution in [0, 0.1) is 13.8 Å². The largest absolute Gasteiger partial charge is 0.318 e. The highest BCUT2D eigenvalue weighted by molar-refractivity contribution is 7.91. The molecule has 0 aliphatic carbocycles. The second-order valence-corrected chi connectivity index (χ2v) is 8.15. The van der Waals surface area contributed by atoms with E-state index >= 15 is 0 Å². The predicted octanol–water partition coefficient (Wildman–Crippen LogP) is 1.74. The molecule has 1 fully saturated rings. The van der Waals surface area contributed by atoms with Crippen LogP contribution >= 0.6 is 11.3 Å². The summed E-state index contributed by atoms with van der Waals surface area (Å²) >= 11 is 1.38. The third-order valence-electron chi connectivity index (χ3n) is 3.47. The molecule has 1 aromatic rings. The normalized spacial score (nSPS) is 21.6. The molecule has 0 unspecified atom stereocenters. The second-order valence-electron chi connectivity index (χ2n) is 4.77. The molecule has 102 valence electrons. The van der Waals surface area contributed by atoms with Crippen molar-refractivity contribution in [2.45, 2.75) is 36.9 Å². The Labute approximate surface area is 113 Å².